The fourth-order valence-corrected chi connectivity index (χ4v) is 3.50. The van der Waals surface area contributed by atoms with Crippen molar-refractivity contribution in [3.63, 3.8) is 0 Å². The van der Waals surface area contributed by atoms with E-state index in [-0.39, 0.29) is 5.41 Å². The molecule has 5 nitrogen and oxygen atoms in total. The van der Waals surface area contributed by atoms with Gasteiger partial charge in [0, 0.05) is 54.0 Å². The molecule has 1 aromatic carbocycles. The molecule has 136 valence electrons. The van der Waals surface area contributed by atoms with Gasteiger partial charge in [0.2, 0.25) is 0 Å². The Balaban J connectivity index is 1.53. The Morgan fingerprint density at radius 3 is 2.54 bits per heavy atom. The van der Waals surface area contributed by atoms with Crippen LogP contribution in [0.5, 0.6) is 0 Å². The van der Waals surface area contributed by atoms with Gasteiger partial charge in [0.1, 0.15) is 0 Å². The van der Waals surface area contributed by atoms with E-state index < -0.39 is 0 Å². The van der Waals surface area contributed by atoms with Gasteiger partial charge in [-0.15, -0.1) is 0 Å². The predicted molar refractivity (Wildman–Crippen MR) is 104 cm³/mol. The second-order valence-corrected chi connectivity index (χ2v) is 8.38. The Bertz CT molecular complexity index is 895. The minimum Gasteiger partial charge on any atom is -0.293 e. The van der Waals surface area contributed by atoms with Crippen molar-refractivity contribution in [2.45, 2.75) is 52.6 Å². The summed E-state index contributed by atoms with van der Waals surface area (Å²) in [5.74, 6) is 0. The lowest BCUT2D eigenvalue weighted by atomic mass is 9.92. The molecule has 2 N–H and O–H groups in total. The number of aromatic amines is 2. The van der Waals surface area contributed by atoms with Crippen LogP contribution in [0.4, 0.5) is 0 Å². The standard InChI is InChI=1S/C21H27N5/c1-14-5-7-15(8-6-14)20-17-13-26(10-9-18(17)23-25-20)12-16-11-19(24-22-16)21(2,3)4/h5-8,11H,9-10,12-13H2,1-4H3,(H,22,24)(H,23,25). The lowest BCUT2D eigenvalue weighted by Gasteiger charge is -2.26. The number of benzene rings is 1. The predicted octanol–water partition coefficient (Wildman–Crippen LogP) is 3.96. The largest absolute Gasteiger partial charge is 0.293 e. The number of rotatable bonds is 3. The van der Waals surface area contributed by atoms with Crippen LogP contribution in [-0.4, -0.2) is 31.8 Å². The first-order valence-electron chi connectivity index (χ1n) is 9.30. The Morgan fingerprint density at radius 1 is 1.08 bits per heavy atom. The molecule has 0 spiro atoms. The molecule has 0 saturated carbocycles. The van der Waals surface area contributed by atoms with Crippen LogP contribution in [0.15, 0.2) is 30.3 Å². The van der Waals surface area contributed by atoms with Crippen molar-refractivity contribution in [2.75, 3.05) is 6.54 Å². The summed E-state index contributed by atoms with van der Waals surface area (Å²) in [4.78, 5) is 2.47. The second-order valence-electron chi connectivity index (χ2n) is 8.38. The molecule has 0 amide bonds. The maximum atomic E-state index is 4.60. The molecular formula is C21H27N5. The van der Waals surface area contributed by atoms with E-state index in [1.54, 1.807) is 0 Å². The summed E-state index contributed by atoms with van der Waals surface area (Å²) in [6.45, 7) is 11.5. The average molecular weight is 349 g/mol. The minimum absolute atomic E-state index is 0.0764. The van der Waals surface area contributed by atoms with Gasteiger partial charge < -0.3 is 0 Å². The lowest BCUT2D eigenvalue weighted by Crippen LogP contribution is -2.30. The minimum atomic E-state index is 0.0764. The summed E-state index contributed by atoms with van der Waals surface area (Å²) < 4.78 is 0. The van der Waals surface area contributed by atoms with Crippen molar-refractivity contribution in [1.82, 2.24) is 25.3 Å². The van der Waals surface area contributed by atoms with E-state index in [1.165, 1.54) is 28.1 Å². The van der Waals surface area contributed by atoms with Gasteiger partial charge in [-0.25, -0.2) is 0 Å². The van der Waals surface area contributed by atoms with Gasteiger partial charge in [-0.3, -0.25) is 15.1 Å². The van der Waals surface area contributed by atoms with Crippen molar-refractivity contribution in [2.24, 2.45) is 0 Å². The van der Waals surface area contributed by atoms with E-state index in [2.05, 4.69) is 83.3 Å². The molecule has 4 rings (SSSR count). The van der Waals surface area contributed by atoms with Gasteiger partial charge in [-0.05, 0) is 13.0 Å². The van der Waals surface area contributed by atoms with E-state index in [4.69, 9.17) is 0 Å². The van der Waals surface area contributed by atoms with Gasteiger partial charge >= 0.3 is 0 Å². The van der Waals surface area contributed by atoms with Gasteiger partial charge in [-0.1, -0.05) is 50.6 Å². The van der Waals surface area contributed by atoms with Crippen LogP contribution in [0, 0.1) is 6.92 Å². The SMILES string of the molecule is Cc1ccc(-c2n[nH]c3c2CN(Cc2cc(C(C)(C)C)n[nH]2)CC3)cc1. The molecule has 2 aromatic heterocycles. The summed E-state index contributed by atoms with van der Waals surface area (Å²) in [6, 6.07) is 10.8. The molecule has 0 fully saturated rings. The van der Waals surface area contributed by atoms with Gasteiger partial charge in [0.05, 0.1) is 11.4 Å². The van der Waals surface area contributed by atoms with Crippen LogP contribution in [-0.2, 0) is 24.9 Å². The van der Waals surface area contributed by atoms with Crippen molar-refractivity contribution in [3.05, 3.63) is 58.5 Å². The third kappa shape index (κ3) is 3.31. The van der Waals surface area contributed by atoms with E-state index in [9.17, 15) is 0 Å². The molecule has 0 atom stereocenters. The van der Waals surface area contributed by atoms with E-state index in [0.717, 1.165) is 37.4 Å². The van der Waals surface area contributed by atoms with Crippen LogP contribution in [0.25, 0.3) is 11.3 Å². The van der Waals surface area contributed by atoms with E-state index in [1.807, 2.05) is 0 Å². The topological polar surface area (TPSA) is 60.6 Å². The number of nitrogens with one attached hydrogen (secondary N) is 2. The molecule has 0 unspecified atom stereocenters. The Kier molecular flexibility index (Phi) is 4.19. The number of aryl methyl sites for hydroxylation is 1. The number of hydrogen-bond donors (Lipinski definition) is 2. The molecule has 5 heteroatoms. The van der Waals surface area contributed by atoms with E-state index >= 15 is 0 Å². The van der Waals surface area contributed by atoms with Crippen LogP contribution in [0.2, 0.25) is 0 Å². The zero-order valence-corrected chi connectivity index (χ0v) is 16.1. The summed E-state index contributed by atoms with van der Waals surface area (Å²) in [5.41, 5.74) is 8.53. The highest BCUT2D eigenvalue weighted by Gasteiger charge is 2.24. The van der Waals surface area contributed by atoms with Gasteiger partial charge in [0.25, 0.3) is 0 Å². The highest BCUT2D eigenvalue weighted by atomic mass is 15.2. The molecule has 1 aliphatic rings. The summed E-state index contributed by atoms with van der Waals surface area (Å²) >= 11 is 0. The second kappa shape index (κ2) is 6.40. The van der Waals surface area contributed by atoms with Crippen LogP contribution in [0.3, 0.4) is 0 Å². The summed E-state index contributed by atoms with van der Waals surface area (Å²) in [5, 5.41) is 15.6. The van der Waals surface area contributed by atoms with Crippen LogP contribution in [0.1, 0.15) is 49.0 Å². The molecule has 26 heavy (non-hydrogen) atoms. The molecular weight excluding hydrogens is 322 g/mol. The van der Waals surface area contributed by atoms with Crippen LogP contribution < -0.4 is 0 Å². The quantitative estimate of drug-likeness (QED) is 0.752. The zero-order valence-electron chi connectivity index (χ0n) is 16.1. The Hall–Kier alpha value is -2.40. The maximum Gasteiger partial charge on any atom is 0.0968 e. The third-order valence-corrected chi connectivity index (χ3v) is 5.13. The number of aromatic nitrogens is 4. The van der Waals surface area contributed by atoms with Gasteiger partial charge in [0.15, 0.2) is 0 Å². The normalized spacial score (nSPS) is 15.2. The highest BCUT2D eigenvalue weighted by Crippen LogP contribution is 2.29. The van der Waals surface area contributed by atoms with Crippen molar-refractivity contribution >= 4 is 0 Å². The van der Waals surface area contributed by atoms with Crippen molar-refractivity contribution in [1.29, 1.82) is 0 Å². The number of H-pyrrole nitrogens is 2. The van der Waals surface area contributed by atoms with Crippen molar-refractivity contribution < 1.29 is 0 Å². The summed E-state index contributed by atoms with van der Waals surface area (Å²) in [6.07, 6.45) is 1.01. The Labute approximate surface area is 154 Å². The first kappa shape index (κ1) is 17.0. The number of hydrogen-bond acceptors (Lipinski definition) is 3. The summed E-state index contributed by atoms with van der Waals surface area (Å²) in [7, 11) is 0. The molecule has 3 aromatic rings. The number of nitrogens with zero attached hydrogens (tertiary/aromatic N) is 3. The third-order valence-electron chi connectivity index (χ3n) is 5.13. The average Bonchev–Trinajstić information content (AvgIpc) is 3.22. The molecule has 0 aliphatic carbocycles. The fourth-order valence-electron chi connectivity index (χ4n) is 3.50. The zero-order chi connectivity index (χ0) is 18.3. The first-order valence-corrected chi connectivity index (χ1v) is 9.30. The molecule has 1 aliphatic heterocycles. The smallest absolute Gasteiger partial charge is 0.0968 e. The molecule has 0 bridgehead atoms. The van der Waals surface area contributed by atoms with Crippen LogP contribution >= 0.6 is 0 Å². The molecule has 3 heterocycles. The first-order chi connectivity index (χ1) is 12.4. The monoisotopic (exact) mass is 349 g/mol. The molecule has 0 saturated heterocycles. The lowest BCUT2D eigenvalue weighted by molar-refractivity contribution is 0.242. The Morgan fingerprint density at radius 2 is 1.85 bits per heavy atom. The molecule has 0 radical (unpaired) electrons. The number of fused-ring (bicyclic) bond motifs is 1. The highest BCUT2D eigenvalue weighted by molar-refractivity contribution is 5.64. The maximum absolute atomic E-state index is 4.60. The van der Waals surface area contributed by atoms with Crippen molar-refractivity contribution in [3.8, 4) is 11.3 Å². The van der Waals surface area contributed by atoms with E-state index in [0.29, 0.717) is 0 Å². The fraction of sp³-hybridized carbons (Fsp3) is 0.429. The van der Waals surface area contributed by atoms with Gasteiger partial charge in [-0.2, -0.15) is 10.2 Å².